The highest BCUT2D eigenvalue weighted by Gasteiger charge is 2.18. The van der Waals surface area contributed by atoms with Crippen molar-refractivity contribution in [3.63, 3.8) is 0 Å². The van der Waals surface area contributed by atoms with Crippen molar-refractivity contribution < 1.29 is 9.69 Å². The Labute approximate surface area is 183 Å². The Balaban J connectivity index is 1.98. The van der Waals surface area contributed by atoms with Crippen molar-refractivity contribution in [1.82, 2.24) is 19.7 Å². The summed E-state index contributed by atoms with van der Waals surface area (Å²) in [5, 5.41) is 7.76. The average molecular weight is 425 g/mol. The molecule has 1 heterocycles. The number of rotatable bonds is 8. The van der Waals surface area contributed by atoms with Gasteiger partial charge in [-0.1, -0.05) is 43.3 Å². The van der Waals surface area contributed by atoms with E-state index in [2.05, 4.69) is 37.4 Å². The monoisotopic (exact) mass is 424 g/mol. The lowest BCUT2D eigenvalue weighted by Gasteiger charge is -2.13. The SMILES string of the molecule is CCCNC(=O)C[NH+](C)Cn1nc(-c2ccccc2)n(-c2ccc(C)c(C)c2)c1=S. The molecule has 6 nitrogen and oxygen atoms in total. The van der Waals surface area contributed by atoms with Crippen LogP contribution in [0.5, 0.6) is 0 Å². The summed E-state index contributed by atoms with van der Waals surface area (Å²) in [6, 6.07) is 16.4. The van der Waals surface area contributed by atoms with Crippen LogP contribution in [0, 0.1) is 18.6 Å². The molecule has 3 aromatic rings. The third kappa shape index (κ3) is 5.04. The van der Waals surface area contributed by atoms with Crippen molar-refractivity contribution in [2.75, 3.05) is 20.1 Å². The number of nitrogens with one attached hydrogen (secondary N) is 2. The zero-order valence-corrected chi connectivity index (χ0v) is 18.9. The number of carbonyl (C=O) groups is 1. The Morgan fingerprint density at radius 2 is 1.87 bits per heavy atom. The predicted molar refractivity (Wildman–Crippen MR) is 122 cm³/mol. The molecule has 0 saturated heterocycles. The van der Waals surface area contributed by atoms with Gasteiger partial charge in [0.1, 0.15) is 0 Å². The summed E-state index contributed by atoms with van der Waals surface area (Å²) >= 11 is 5.82. The minimum atomic E-state index is 0.0396. The first-order chi connectivity index (χ1) is 14.4. The van der Waals surface area contributed by atoms with Gasteiger partial charge in [0.05, 0.1) is 12.7 Å². The maximum absolute atomic E-state index is 12.1. The highest BCUT2D eigenvalue weighted by molar-refractivity contribution is 7.71. The van der Waals surface area contributed by atoms with E-state index >= 15 is 0 Å². The lowest BCUT2D eigenvalue weighted by Crippen LogP contribution is -3.09. The number of carbonyl (C=O) groups excluding carboxylic acids is 1. The average Bonchev–Trinajstić information content (AvgIpc) is 3.05. The molecular weight excluding hydrogens is 394 g/mol. The molecular formula is C23H30N5OS+. The van der Waals surface area contributed by atoms with Crippen molar-refractivity contribution in [1.29, 1.82) is 0 Å². The molecule has 0 radical (unpaired) electrons. The van der Waals surface area contributed by atoms with Crippen molar-refractivity contribution in [2.45, 2.75) is 33.9 Å². The Hall–Kier alpha value is -2.77. The van der Waals surface area contributed by atoms with E-state index in [0.717, 1.165) is 28.4 Å². The van der Waals surface area contributed by atoms with Crippen LogP contribution in [0.2, 0.25) is 0 Å². The zero-order chi connectivity index (χ0) is 21.7. The maximum atomic E-state index is 12.1. The first-order valence-corrected chi connectivity index (χ1v) is 10.7. The third-order valence-electron chi connectivity index (χ3n) is 5.07. The van der Waals surface area contributed by atoms with Crippen LogP contribution in [0.1, 0.15) is 24.5 Å². The molecule has 0 saturated carbocycles. The van der Waals surface area contributed by atoms with Crippen molar-refractivity contribution in [3.8, 4) is 17.1 Å². The van der Waals surface area contributed by atoms with Crippen LogP contribution in [0.3, 0.4) is 0 Å². The van der Waals surface area contributed by atoms with E-state index in [1.807, 2.05) is 53.6 Å². The van der Waals surface area contributed by atoms with Crippen LogP contribution in [-0.2, 0) is 11.5 Å². The Kier molecular flexibility index (Phi) is 7.18. The molecule has 7 heteroatoms. The quantitative estimate of drug-likeness (QED) is 0.547. The first kappa shape index (κ1) is 21.9. The molecule has 1 unspecified atom stereocenters. The van der Waals surface area contributed by atoms with Gasteiger partial charge in [-0.3, -0.25) is 9.36 Å². The fourth-order valence-electron chi connectivity index (χ4n) is 3.29. The van der Waals surface area contributed by atoms with Gasteiger partial charge in [-0.2, -0.15) is 4.68 Å². The summed E-state index contributed by atoms with van der Waals surface area (Å²) in [5.74, 6) is 0.838. The summed E-state index contributed by atoms with van der Waals surface area (Å²) in [7, 11) is 1.98. The molecule has 1 aromatic heterocycles. The fraction of sp³-hybridized carbons (Fsp3) is 0.348. The molecule has 0 fully saturated rings. The number of hydrogen-bond acceptors (Lipinski definition) is 3. The Bertz CT molecular complexity index is 1070. The lowest BCUT2D eigenvalue weighted by atomic mass is 10.1. The highest BCUT2D eigenvalue weighted by atomic mass is 32.1. The van der Waals surface area contributed by atoms with Gasteiger partial charge in [-0.25, -0.2) is 0 Å². The normalized spacial score (nSPS) is 12.0. The van der Waals surface area contributed by atoms with E-state index in [1.54, 1.807) is 0 Å². The Morgan fingerprint density at radius 3 is 2.53 bits per heavy atom. The number of quaternary nitrogens is 1. The molecule has 0 spiro atoms. The van der Waals surface area contributed by atoms with Gasteiger partial charge in [-0.05, 0) is 55.7 Å². The summed E-state index contributed by atoms with van der Waals surface area (Å²) in [6.45, 7) is 7.82. The van der Waals surface area contributed by atoms with Crippen molar-refractivity contribution in [2.24, 2.45) is 0 Å². The summed E-state index contributed by atoms with van der Waals surface area (Å²) in [5.41, 5.74) is 4.43. The van der Waals surface area contributed by atoms with Gasteiger partial charge in [0.15, 0.2) is 19.0 Å². The number of benzene rings is 2. The number of nitrogens with zero attached hydrogens (tertiary/aromatic N) is 3. The van der Waals surface area contributed by atoms with Crippen LogP contribution in [0.25, 0.3) is 17.1 Å². The standard InChI is InChI=1S/C23H29N5OS/c1-5-13-24-21(29)15-26(4)16-27-23(30)28(20-12-11-17(2)18(3)14-20)22(25-27)19-9-7-6-8-10-19/h6-12,14H,5,13,15-16H2,1-4H3,(H,24,29)/p+1. The van der Waals surface area contributed by atoms with Crippen LogP contribution in [-0.4, -0.2) is 40.4 Å². The van der Waals surface area contributed by atoms with E-state index < -0.39 is 0 Å². The number of amides is 1. The van der Waals surface area contributed by atoms with Gasteiger partial charge < -0.3 is 10.2 Å². The molecule has 30 heavy (non-hydrogen) atoms. The number of aromatic nitrogens is 3. The minimum absolute atomic E-state index is 0.0396. The van der Waals surface area contributed by atoms with Gasteiger partial charge in [0.2, 0.25) is 4.77 Å². The van der Waals surface area contributed by atoms with Gasteiger partial charge >= 0.3 is 0 Å². The van der Waals surface area contributed by atoms with Gasteiger partial charge in [0, 0.05) is 12.1 Å². The van der Waals surface area contributed by atoms with Crippen LogP contribution < -0.4 is 10.2 Å². The second-order valence-corrected chi connectivity index (χ2v) is 8.08. The smallest absolute Gasteiger partial charge is 0.275 e. The third-order valence-corrected chi connectivity index (χ3v) is 5.47. The zero-order valence-electron chi connectivity index (χ0n) is 18.1. The molecule has 0 bridgehead atoms. The fourth-order valence-corrected chi connectivity index (χ4v) is 3.59. The van der Waals surface area contributed by atoms with E-state index in [0.29, 0.717) is 24.5 Å². The summed E-state index contributed by atoms with van der Waals surface area (Å²) < 4.78 is 4.45. The molecule has 1 amide bonds. The molecule has 0 aliphatic rings. The van der Waals surface area contributed by atoms with Gasteiger partial charge in [0.25, 0.3) is 5.91 Å². The molecule has 0 aliphatic heterocycles. The van der Waals surface area contributed by atoms with E-state index in [1.165, 1.54) is 11.1 Å². The first-order valence-electron chi connectivity index (χ1n) is 10.3. The Morgan fingerprint density at radius 1 is 1.13 bits per heavy atom. The predicted octanol–water partition coefficient (Wildman–Crippen LogP) is 2.69. The molecule has 3 rings (SSSR count). The molecule has 2 aromatic carbocycles. The number of aryl methyl sites for hydroxylation is 2. The van der Waals surface area contributed by atoms with E-state index in [4.69, 9.17) is 17.3 Å². The topological polar surface area (TPSA) is 56.3 Å². The summed E-state index contributed by atoms with van der Waals surface area (Å²) in [6.07, 6.45) is 0.927. The molecule has 158 valence electrons. The van der Waals surface area contributed by atoms with Crippen molar-refractivity contribution in [3.05, 3.63) is 64.4 Å². The minimum Gasteiger partial charge on any atom is -0.351 e. The van der Waals surface area contributed by atoms with Crippen LogP contribution in [0.15, 0.2) is 48.5 Å². The van der Waals surface area contributed by atoms with Crippen molar-refractivity contribution >= 4 is 18.1 Å². The highest BCUT2D eigenvalue weighted by Crippen LogP contribution is 2.23. The second-order valence-electron chi connectivity index (χ2n) is 7.72. The second kappa shape index (κ2) is 9.82. The summed E-state index contributed by atoms with van der Waals surface area (Å²) in [4.78, 5) is 13.1. The molecule has 1 atom stereocenters. The maximum Gasteiger partial charge on any atom is 0.275 e. The lowest BCUT2D eigenvalue weighted by molar-refractivity contribution is -0.895. The van der Waals surface area contributed by atoms with Crippen LogP contribution in [0.4, 0.5) is 0 Å². The number of likely N-dealkylation sites (N-methyl/N-ethyl adjacent to an activating group) is 1. The molecule has 0 aliphatic carbocycles. The largest absolute Gasteiger partial charge is 0.351 e. The number of hydrogen-bond donors (Lipinski definition) is 2. The van der Waals surface area contributed by atoms with E-state index in [-0.39, 0.29) is 5.91 Å². The van der Waals surface area contributed by atoms with E-state index in [9.17, 15) is 4.79 Å². The van der Waals surface area contributed by atoms with Crippen LogP contribution >= 0.6 is 12.2 Å². The van der Waals surface area contributed by atoms with Gasteiger partial charge in [-0.15, -0.1) is 5.10 Å². The molecule has 2 N–H and O–H groups in total.